The molecule has 0 unspecified atom stereocenters. The maximum Gasteiger partial charge on any atom is 0.277 e. The maximum atomic E-state index is 13.2. The third kappa shape index (κ3) is 6.98. The third-order valence-electron chi connectivity index (χ3n) is 6.14. The number of anilines is 1. The molecule has 0 atom stereocenters. The van der Waals surface area contributed by atoms with Gasteiger partial charge in [-0.3, -0.25) is 9.59 Å². The summed E-state index contributed by atoms with van der Waals surface area (Å²) in [5.74, 6) is 1.33. The molecule has 202 valence electrons. The van der Waals surface area contributed by atoms with Crippen LogP contribution in [0.4, 0.5) is 5.00 Å². The van der Waals surface area contributed by atoms with Gasteiger partial charge in [0.05, 0.1) is 18.4 Å². The van der Waals surface area contributed by atoms with Gasteiger partial charge in [-0.1, -0.05) is 42.1 Å². The zero-order valence-corrected chi connectivity index (χ0v) is 23.0. The number of aromatic nitrogens is 2. The van der Waals surface area contributed by atoms with Crippen molar-refractivity contribution in [3.63, 3.8) is 0 Å². The number of carbonyl (C=O) groups excluding carboxylic acids is 2. The molecule has 1 aliphatic carbocycles. The molecule has 2 amide bonds. The average molecular weight is 565 g/mol. The molecule has 0 bridgehead atoms. The second-order valence-electron chi connectivity index (χ2n) is 8.85. The number of methoxy groups -OCH3 is 1. The number of hydrogen-bond acceptors (Lipinski definition) is 9. The van der Waals surface area contributed by atoms with Gasteiger partial charge >= 0.3 is 0 Å². The maximum absolute atomic E-state index is 13.2. The first-order chi connectivity index (χ1) is 19.1. The Morgan fingerprint density at radius 2 is 1.79 bits per heavy atom. The summed E-state index contributed by atoms with van der Waals surface area (Å²) in [5.41, 5.74) is 2.66. The van der Waals surface area contributed by atoms with Crippen LogP contribution in [0.3, 0.4) is 0 Å². The van der Waals surface area contributed by atoms with Crippen molar-refractivity contribution in [3.8, 4) is 11.5 Å². The average Bonchev–Trinajstić information content (AvgIpc) is 3.58. The van der Waals surface area contributed by atoms with Crippen LogP contribution in [-0.2, 0) is 30.8 Å². The summed E-state index contributed by atoms with van der Waals surface area (Å²) in [6.07, 6.45) is 3.89. The number of thioether (sulfide) groups is 1. The molecule has 2 aromatic carbocycles. The van der Waals surface area contributed by atoms with Gasteiger partial charge in [-0.05, 0) is 61.1 Å². The lowest BCUT2D eigenvalue weighted by molar-refractivity contribution is -0.113. The quantitative estimate of drug-likeness (QED) is 0.237. The molecular weight excluding hydrogens is 536 g/mol. The molecule has 0 fully saturated rings. The van der Waals surface area contributed by atoms with E-state index in [0.717, 1.165) is 54.3 Å². The number of nitrogens with zero attached hydrogens (tertiary/aromatic N) is 2. The monoisotopic (exact) mass is 564 g/mol. The van der Waals surface area contributed by atoms with Crippen molar-refractivity contribution in [2.75, 3.05) is 18.2 Å². The van der Waals surface area contributed by atoms with Crippen molar-refractivity contribution in [2.45, 2.75) is 44.1 Å². The standard InChI is InChI=1S/C28H28N4O5S2/c1-35-19-11-13-20(14-12-19)36-16-24-31-32-28(37-24)38-17-23(33)30-27-25(21-9-5-6-10-22(21)39-27)26(34)29-15-18-7-3-2-4-8-18/h2-4,7-8,11-14H,5-6,9-10,15-17H2,1H3,(H,29,34)(H,30,33). The van der Waals surface area contributed by atoms with Crippen LogP contribution in [0.15, 0.2) is 64.2 Å². The van der Waals surface area contributed by atoms with Gasteiger partial charge in [0.25, 0.3) is 17.0 Å². The van der Waals surface area contributed by atoms with E-state index in [9.17, 15) is 9.59 Å². The van der Waals surface area contributed by atoms with Crippen LogP contribution in [0.2, 0.25) is 0 Å². The van der Waals surface area contributed by atoms with Crippen LogP contribution < -0.4 is 20.1 Å². The highest BCUT2D eigenvalue weighted by Gasteiger charge is 2.26. The number of amides is 2. The van der Waals surface area contributed by atoms with E-state index in [2.05, 4.69) is 20.8 Å². The molecule has 0 saturated carbocycles. The van der Waals surface area contributed by atoms with E-state index < -0.39 is 0 Å². The van der Waals surface area contributed by atoms with Gasteiger partial charge in [0, 0.05) is 11.4 Å². The number of ether oxygens (including phenoxy) is 2. The van der Waals surface area contributed by atoms with Gasteiger partial charge in [0.2, 0.25) is 5.91 Å². The van der Waals surface area contributed by atoms with E-state index in [1.165, 1.54) is 16.2 Å². The lowest BCUT2D eigenvalue weighted by Gasteiger charge is -2.13. The molecule has 2 heterocycles. The summed E-state index contributed by atoms with van der Waals surface area (Å²) in [4.78, 5) is 27.2. The second kappa shape index (κ2) is 12.8. The van der Waals surface area contributed by atoms with Crippen molar-refractivity contribution >= 4 is 39.9 Å². The third-order valence-corrected chi connectivity index (χ3v) is 8.17. The first-order valence-corrected chi connectivity index (χ1v) is 14.4. The Balaban J connectivity index is 1.17. The summed E-state index contributed by atoms with van der Waals surface area (Å²) in [6, 6.07) is 16.9. The summed E-state index contributed by atoms with van der Waals surface area (Å²) in [7, 11) is 1.60. The van der Waals surface area contributed by atoms with Crippen LogP contribution >= 0.6 is 23.1 Å². The van der Waals surface area contributed by atoms with E-state index in [-0.39, 0.29) is 29.4 Å². The molecule has 11 heteroatoms. The number of thiophene rings is 1. The highest BCUT2D eigenvalue weighted by Crippen LogP contribution is 2.38. The molecule has 1 aliphatic rings. The van der Waals surface area contributed by atoms with E-state index >= 15 is 0 Å². The van der Waals surface area contributed by atoms with Crippen molar-refractivity contribution in [2.24, 2.45) is 0 Å². The van der Waals surface area contributed by atoms with Gasteiger partial charge in [0.1, 0.15) is 16.5 Å². The van der Waals surface area contributed by atoms with Gasteiger partial charge in [0.15, 0.2) is 6.61 Å². The van der Waals surface area contributed by atoms with Crippen molar-refractivity contribution < 1.29 is 23.5 Å². The fourth-order valence-corrected chi connectivity index (χ4v) is 6.11. The summed E-state index contributed by atoms with van der Waals surface area (Å²) in [5, 5.41) is 14.8. The highest BCUT2D eigenvalue weighted by molar-refractivity contribution is 7.99. The minimum absolute atomic E-state index is 0.0641. The van der Waals surface area contributed by atoms with Crippen LogP contribution in [0.1, 0.15) is 45.1 Å². The Bertz CT molecular complexity index is 1420. The summed E-state index contributed by atoms with van der Waals surface area (Å²) < 4.78 is 16.4. The van der Waals surface area contributed by atoms with Gasteiger partial charge in [-0.15, -0.1) is 21.5 Å². The molecule has 0 aliphatic heterocycles. The molecular formula is C28H28N4O5S2. The fourth-order valence-electron chi connectivity index (χ4n) is 4.22. The van der Waals surface area contributed by atoms with Gasteiger partial charge in [-0.2, -0.15) is 0 Å². The molecule has 0 spiro atoms. The molecule has 5 rings (SSSR count). The summed E-state index contributed by atoms with van der Waals surface area (Å²) >= 11 is 2.63. The van der Waals surface area contributed by atoms with Crippen molar-refractivity contribution in [1.29, 1.82) is 0 Å². The van der Waals surface area contributed by atoms with E-state index in [1.807, 2.05) is 30.3 Å². The molecule has 2 aromatic heterocycles. The highest BCUT2D eigenvalue weighted by atomic mass is 32.2. The number of fused-ring (bicyclic) bond motifs is 1. The van der Waals surface area contributed by atoms with Gasteiger partial charge in [-0.25, -0.2) is 0 Å². The Hall–Kier alpha value is -3.83. The van der Waals surface area contributed by atoms with Crippen LogP contribution in [0.25, 0.3) is 0 Å². The lowest BCUT2D eigenvalue weighted by Crippen LogP contribution is -2.25. The first kappa shape index (κ1) is 26.8. The molecule has 4 aromatic rings. The fraction of sp³-hybridized carbons (Fsp3) is 0.286. The minimum atomic E-state index is -0.245. The number of carbonyl (C=O) groups is 2. The Labute approximate surface area is 234 Å². The van der Waals surface area contributed by atoms with Gasteiger partial charge < -0.3 is 24.5 Å². The summed E-state index contributed by atoms with van der Waals surface area (Å²) in [6.45, 7) is 0.531. The van der Waals surface area contributed by atoms with Crippen LogP contribution in [-0.4, -0.2) is 34.9 Å². The molecule has 0 saturated heterocycles. The molecule has 0 radical (unpaired) electrons. The second-order valence-corrected chi connectivity index (χ2v) is 10.9. The smallest absolute Gasteiger partial charge is 0.277 e. The van der Waals surface area contributed by atoms with E-state index in [0.29, 0.717) is 28.7 Å². The molecule has 9 nitrogen and oxygen atoms in total. The van der Waals surface area contributed by atoms with Crippen molar-refractivity contribution in [1.82, 2.24) is 15.5 Å². The van der Waals surface area contributed by atoms with Crippen LogP contribution in [0.5, 0.6) is 11.5 Å². The zero-order valence-electron chi connectivity index (χ0n) is 21.4. The number of aryl methyl sites for hydroxylation is 1. The number of hydrogen-bond donors (Lipinski definition) is 2. The van der Waals surface area contributed by atoms with Crippen LogP contribution in [0, 0.1) is 0 Å². The predicted octanol–water partition coefficient (Wildman–Crippen LogP) is 5.26. The largest absolute Gasteiger partial charge is 0.497 e. The lowest BCUT2D eigenvalue weighted by atomic mass is 9.95. The molecule has 39 heavy (non-hydrogen) atoms. The normalized spacial score (nSPS) is 12.4. The van der Waals surface area contributed by atoms with Crippen molar-refractivity contribution in [3.05, 3.63) is 82.1 Å². The van der Waals surface area contributed by atoms with E-state index in [1.54, 1.807) is 31.4 Å². The number of benzene rings is 2. The Morgan fingerprint density at radius 1 is 1.03 bits per heavy atom. The number of rotatable bonds is 11. The minimum Gasteiger partial charge on any atom is -0.497 e. The topological polar surface area (TPSA) is 116 Å². The Morgan fingerprint density at radius 3 is 2.59 bits per heavy atom. The SMILES string of the molecule is COc1ccc(OCc2nnc(SCC(=O)Nc3sc4c(c3C(=O)NCc3ccccc3)CCCC4)o2)cc1. The molecule has 2 N–H and O–H groups in total. The predicted molar refractivity (Wildman–Crippen MR) is 150 cm³/mol. The number of nitrogens with one attached hydrogen (secondary N) is 2. The first-order valence-electron chi connectivity index (χ1n) is 12.6. The zero-order chi connectivity index (χ0) is 27.0. The van der Waals surface area contributed by atoms with E-state index in [4.69, 9.17) is 13.9 Å². The Kier molecular flexibility index (Phi) is 8.79.